The van der Waals surface area contributed by atoms with E-state index in [1.54, 1.807) is 13.0 Å². The number of benzene rings is 2. The number of anilines is 1. The van der Waals surface area contributed by atoms with Crippen LogP contribution in [0.15, 0.2) is 42.5 Å². The topological polar surface area (TPSA) is 102 Å². The highest BCUT2D eigenvalue weighted by molar-refractivity contribution is 5.92. The first-order chi connectivity index (χ1) is 11.4. The fourth-order valence-corrected chi connectivity index (χ4v) is 1.98. The van der Waals surface area contributed by atoms with E-state index < -0.39 is 23.7 Å². The van der Waals surface area contributed by atoms with Gasteiger partial charge in [-0.2, -0.15) is 0 Å². The Kier molecular flexibility index (Phi) is 5.49. The van der Waals surface area contributed by atoms with E-state index in [1.807, 2.05) is 0 Å². The predicted molar refractivity (Wildman–Crippen MR) is 86.3 cm³/mol. The number of nitrogens with two attached hydrogens (primary N) is 1. The highest BCUT2D eigenvalue weighted by Gasteiger charge is 2.14. The number of carboxylic acids is 1. The van der Waals surface area contributed by atoms with Gasteiger partial charge in [0.15, 0.2) is 6.61 Å². The fraction of sp³-hybridized carbons (Fsp3) is 0.176. The molecule has 0 saturated heterocycles. The Bertz CT molecular complexity index is 747. The molecule has 0 saturated carbocycles. The smallest absolute Gasteiger partial charge is 0.325 e. The second-order valence-corrected chi connectivity index (χ2v) is 5.18. The molecular formula is C17H17FN2O4. The molecule has 0 fully saturated rings. The van der Waals surface area contributed by atoms with Crippen LogP contribution in [0.1, 0.15) is 17.2 Å². The van der Waals surface area contributed by atoms with E-state index in [2.05, 4.69) is 5.32 Å². The van der Waals surface area contributed by atoms with Gasteiger partial charge in [-0.3, -0.25) is 9.59 Å². The first-order valence-electron chi connectivity index (χ1n) is 7.14. The van der Waals surface area contributed by atoms with Crippen molar-refractivity contribution in [3.05, 3.63) is 59.4 Å². The van der Waals surface area contributed by atoms with E-state index in [9.17, 15) is 14.0 Å². The summed E-state index contributed by atoms with van der Waals surface area (Å²) in [6, 6.07) is 9.08. The third-order valence-corrected chi connectivity index (χ3v) is 3.35. The summed E-state index contributed by atoms with van der Waals surface area (Å²) in [5.74, 6) is -1.62. The first kappa shape index (κ1) is 17.4. The molecule has 0 aliphatic rings. The van der Waals surface area contributed by atoms with Gasteiger partial charge in [-0.05, 0) is 42.3 Å². The van der Waals surface area contributed by atoms with Crippen LogP contribution in [0, 0.1) is 12.7 Å². The molecule has 2 aromatic rings. The SMILES string of the molecule is Cc1ccc(F)cc1NC(=O)COc1ccc(C(N)C(=O)O)cc1. The number of amides is 1. The Morgan fingerprint density at radius 3 is 2.54 bits per heavy atom. The number of nitrogens with one attached hydrogen (secondary N) is 1. The lowest BCUT2D eigenvalue weighted by Gasteiger charge is -2.11. The Hall–Kier alpha value is -2.93. The van der Waals surface area contributed by atoms with Crippen molar-refractivity contribution < 1.29 is 23.8 Å². The van der Waals surface area contributed by atoms with Crippen LogP contribution in [0.25, 0.3) is 0 Å². The number of carboxylic acid groups (broad SMARTS) is 1. The number of carbonyl (C=O) groups is 2. The van der Waals surface area contributed by atoms with E-state index in [-0.39, 0.29) is 6.61 Å². The molecule has 0 bridgehead atoms. The van der Waals surface area contributed by atoms with Crippen LogP contribution in [-0.4, -0.2) is 23.6 Å². The summed E-state index contributed by atoms with van der Waals surface area (Å²) in [6.45, 7) is 1.49. The predicted octanol–water partition coefficient (Wildman–Crippen LogP) is 2.24. The van der Waals surface area contributed by atoms with Crippen LogP contribution in [-0.2, 0) is 9.59 Å². The summed E-state index contributed by atoms with van der Waals surface area (Å²) in [5, 5.41) is 11.4. The van der Waals surface area contributed by atoms with Crippen LogP contribution < -0.4 is 15.8 Å². The molecule has 1 atom stereocenters. The largest absolute Gasteiger partial charge is 0.484 e. The summed E-state index contributed by atoms with van der Waals surface area (Å²) >= 11 is 0. The summed E-state index contributed by atoms with van der Waals surface area (Å²) in [5.41, 5.74) is 7.03. The average molecular weight is 332 g/mol. The molecular weight excluding hydrogens is 315 g/mol. The van der Waals surface area contributed by atoms with Gasteiger partial charge in [0.2, 0.25) is 0 Å². The van der Waals surface area contributed by atoms with Crippen molar-refractivity contribution >= 4 is 17.6 Å². The van der Waals surface area contributed by atoms with Crippen molar-refractivity contribution in [2.45, 2.75) is 13.0 Å². The van der Waals surface area contributed by atoms with Gasteiger partial charge in [-0.15, -0.1) is 0 Å². The number of hydrogen-bond donors (Lipinski definition) is 3. The van der Waals surface area contributed by atoms with Gasteiger partial charge < -0.3 is 20.9 Å². The number of halogens is 1. The normalized spacial score (nSPS) is 11.6. The van der Waals surface area contributed by atoms with E-state index >= 15 is 0 Å². The minimum absolute atomic E-state index is 0.264. The Morgan fingerprint density at radius 1 is 1.25 bits per heavy atom. The lowest BCUT2D eigenvalue weighted by molar-refractivity contribution is -0.138. The van der Waals surface area contributed by atoms with Crippen molar-refractivity contribution in [1.29, 1.82) is 0 Å². The molecule has 1 unspecified atom stereocenters. The van der Waals surface area contributed by atoms with Crippen molar-refractivity contribution in [2.24, 2.45) is 5.73 Å². The number of aliphatic carboxylic acids is 1. The third-order valence-electron chi connectivity index (χ3n) is 3.35. The molecule has 0 radical (unpaired) electrons. The molecule has 0 aliphatic carbocycles. The molecule has 0 aliphatic heterocycles. The highest BCUT2D eigenvalue weighted by Crippen LogP contribution is 2.18. The van der Waals surface area contributed by atoms with Crippen molar-refractivity contribution in [3.63, 3.8) is 0 Å². The van der Waals surface area contributed by atoms with Gasteiger partial charge in [-0.1, -0.05) is 18.2 Å². The summed E-state index contributed by atoms with van der Waals surface area (Å²) in [4.78, 5) is 22.6. The zero-order valence-electron chi connectivity index (χ0n) is 13.0. The van der Waals surface area contributed by atoms with Gasteiger partial charge >= 0.3 is 5.97 Å². The third kappa shape index (κ3) is 4.53. The fourth-order valence-electron chi connectivity index (χ4n) is 1.98. The van der Waals surface area contributed by atoms with Crippen molar-refractivity contribution in [3.8, 4) is 5.75 Å². The Morgan fingerprint density at radius 2 is 1.92 bits per heavy atom. The lowest BCUT2D eigenvalue weighted by Crippen LogP contribution is -2.21. The van der Waals surface area contributed by atoms with Crippen LogP contribution in [0.4, 0.5) is 10.1 Å². The molecule has 7 heteroatoms. The zero-order valence-corrected chi connectivity index (χ0v) is 13.0. The number of carbonyl (C=O) groups excluding carboxylic acids is 1. The number of hydrogen-bond acceptors (Lipinski definition) is 4. The van der Waals surface area contributed by atoms with Crippen molar-refractivity contribution in [1.82, 2.24) is 0 Å². The number of aryl methyl sites for hydroxylation is 1. The molecule has 4 N–H and O–H groups in total. The highest BCUT2D eigenvalue weighted by atomic mass is 19.1. The molecule has 0 heterocycles. The Labute approximate surface area is 138 Å². The van der Waals surface area contributed by atoms with E-state index in [0.29, 0.717) is 17.0 Å². The van der Waals surface area contributed by atoms with Gasteiger partial charge in [0.05, 0.1) is 0 Å². The maximum Gasteiger partial charge on any atom is 0.325 e. The average Bonchev–Trinajstić information content (AvgIpc) is 2.56. The first-order valence-corrected chi connectivity index (χ1v) is 7.14. The van der Waals surface area contributed by atoms with Crippen molar-refractivity contribution in [2.75, 3.05) is 11.9 Å². The van der Waals surface area contributed by atoms with Gasteiger partial charge in [0.25, 0.3) is 5.91 Å². The molecule has 2 rings (SSSR count). The second kappa shape index (κ2) is 7.56. The second-order valence-electron chi connectivity index (χ2n) is 5.18. The maximum absolute atomic E-state index is 13.2. The van der Waals surface area contributed by atoms with Crippen LogP contribution in [0.5, 0.6) is 5.75 Å². The van der Waals surface area contributed by atoms with Gasteiger partial charge in [0.1, 0.15) is 17.6 Å². The summed E-state index contributed by atoms with van der Waals surface area (Å²) in [6.07, 6.45) is 0. The van der Waals surface area contributed by atoms with Crippen LogP contribution in [0.2, 0.25) is 0 Å². The van der Waals surface area contributed by atoms with Gasteiger partial charge in [0, 0.05) is 5.69 Å². The molecule has 6 nitrogen and oxygen atoms in total. The van der Waals surface area contributed by atoms with E-state index in [4.69, 9.17) is 15.6 Å². The van der Waals surface area contributed by atoms with Crippen LogP contribution in [0.3, 0.4) is 0 Å². The Balaban J connectivity index is 1.92. The van der Waals surface area contributed by atoms with Crippen LogP contribution >= 0.6 is 0 Å². The lowest BCUT2D eigenvalue weighted by atomic mass is 10.1. The molecule has 2 aromatic carbocycles. The summed E-state index contributed by atoms with van der Waals surface area (Å²) in [7, 11) is 0. The number of ether oxygens (including phenoxy) is 1. The quantitative estimate of drug-likeness (QED) is 0.753. The zero-order chi connectivity index (χ0) is 17.7. The number of rotatable bonds is 6. The van der Waals surface area contributed by atoms with Gasteiger partial charge in [-0.25, -0.2) is 4.39 Å². The maximum atomic E-state index is 13.2. The standard InChI is InChI=1S/C17H17FN2O4/c1-10-2-5-12(18)8-14(10)20-15(21)9-24-13-6-3-11(4-7-13)16(19)17(22)23/h2-8,16H,9,19H2,1H3,(H,20,21)(H,22,23). The molecule has 0 spiro atoms. The molecule has 0 aromatic heterocycles. The van der Waals surface area contributed by atoms with E-state index in [1.165, 1.54) is 36.4 Å². The molecule has 126 valence electrons. The minimum atomic E-state index is -1.13. The minimum Gasteiger partial charge on any atom is -0.484 e. The van der Waals surface area contributed by atoms with E-state index in [0.717, 1.165) is 5.56 Å². The summed E-state index contributed by atoms with van der Waals surface area (Å²) < 4.78 is 18.5. The monoisotopic (exact) mass is 332 g/mol. The molecule has 24 heavy (non-hydrogen) atoms. The molecule has 1 amide bonds.